The van der Waals surface area contributed by atoms with Crippen LogP contribution in [0.2, 0.25) is 0 Å². The van der Waals surface area contributed by atoms with Crippen LogP contribution in [-0.4, -0.2) is 41.2 Å². The molecule has 1 aromatic rings. The van der Waals surface area contributed by atoms with Gasteiger partial charge in [-0.3, -0.25) is 0 Å². The van der Waals surface area contributed by atoms with Crippen molar-refractivity contribution in [3.8, 4) is 0 Å². The lowest BCUT2D eigenvalue weighted by Gasteiger charge is -2.20. The molecule has 0 spiro atoms. The highest BCUT2D eigenvalue weighted by Crippen LogP contribution is 2.10. The molecule has 0 radical (unpaired) electrons. The van der Waals surface area contributed by atoms with Crippen molar-refractivity contribution in [1.29, 1.82) is 0 Å². The molecule has 3 N–H and O–H groups in total. The van der Waals surface area contributed by atoms with Crippen molar-refractivity contribution in [1.82, 2.24) is 9.97 Å². The number of nitrogens with two attached hydrogens (primary N) is 1. The van der Waals surface area contributed by atoms with Crippen LogP contribution in [0.3, 0.4) is 0 Å². The van der Waals surface area contributed by atoms with Gasteiger partial charge in [0.05, 0.1) is 13.2 Å². The molecule has 0 aliphatic carbocycles. The largest absolute Gasteiger partial charge is 0.395 e. The van der Waals surface area contributed by atoms with Crippen LogP contribution < -0.4 is 10.6 Å². The molecule has 0 unspecified atom stereocenters. The van der Waals surface area contributed by atoms with Crippen molar-refractivity contribution in [2.75, 3.05) is 30.3 Å². The normalized spacial score (nSPS) is 10.7. The Bertz CT molecular complexity index is 310. The maximum absolute atomic E-state index is 12.2. The third-order valence-corrected chi connectivity index (χ3v) is 1.68. The number of halogens is 2. The van der Waals surface area contributed by atoms with Gasteiger partial charge >= 0.3 is 0 Å². The van der Waals surface area contributed by atoms with E-state index in [0.29, 0.717) is 0 Å². The molecule has 0 aromatic carbocycles. The third-order valence-electron chi connectivity index (χ3n) is 1.68. The number of nitrogen functional groups attached to an aromatic ring is 1. The zero-order chi connectivity index (χ0) is 11.3. The number of aliphatic hydroxyl groups is 1. The van der Waals surface area contributed by atoms with Gasteiger partial charge in [-0.1, -0.05) is 0 Å². The molecule has 5 nitrogen and oxygen atoms in total. The summed E-state index contributed by atoms with van der Waals surface area (Å²) in [6.07, 6.45) is -1.13. The number of alkyl halides is 2. The zero-order valence-corrected chi connectivity index (χ0v) is 7.98. The zero-order valence-electron chi connectivity index (χ0n) is 7.98. The SMILES string of the molecule is Nc1ccnc(N(CCO)CC(F)F)n1. The van der Waals surface area contributed by atoms with Crippen LogP contribution in [0.5, 0.6) is 0 Å². The van der Waals surface area contributed by atoms with Gasteiger partial charge in [0, 0.05) is 12.7 Å². The minimum Gasteiger partial charge on any atom is -0.395 e. The first-order chi connectivity index (χ1) is 7.13. The highest BCUT2D eigenvalue weighted by Gasteiger charge is 2.14. The molecule has 7 heteroatoms. The summed E-state index contributed by atoms with van der Waals surface area (Å²) in [5.74, 6) is 0.307. The van der Waals surface area contributed by atoms with Crippen LogP contribution in [0.15, 0.2) is 12.3 Å². The first-order valence-corrected chi connectivity index (χ1v) is 4.36. The second kappa shape index (κ2) is 5.40. The summed E-state index contributed by atoms with van der Waals surface area (Å²) in [7, 11) is 0. The van der Waals surface area contributed by atoms with Gasteiger partial charge in [-0.15, -0.1) is 0 Å². The van der Waals surface area contributed by atoms with Gasteiger partial charge in [-0.05, 0) is 6.07 Å². The Labute approximate surface area is 85.6 Å². The Morgan fingerprint density at radius 3 is 2.80 bits per heavy atom. The maximum Gasteiger partial charge on any atom is 0.255 e. The van der Waals surface area contributed by atoms with E-state index >= 15 is 0 Å². The summed E-state index contributed by atoms with van der Waals surface area (Å²) in [6.45, 7) is -0.720. The van der Waals surface area contributed by atoms with Crippen LogP contribution in [0, 0.1) is 0 Å². The Balaban J connectivity index is 2.78. The molecule has 1 rings (SSSR count). The average molecular weight is 218 g/mol. The van der Waals surface area contributed by atoms with Crippen molar-refractivity contribution in [2.45, 2.75) is 6.43 Å². The molecular formula is C8H12F2N4O. The van der Waals surface area contributed by atoms with Gasteiger partial charge in [0.2, 0.25) is 5.95 Å². The van der Waals surface area contributed by atoms with Crippen molar-refractivity contribution < 1.29 is 13.9 Å². The van der Waals surface area contributed by atoms with Gasteiger partial charge in [-0.2, -0.15) is 4.98 Å². The predicted octanol–water partition coefficient (Wildman–Crippen LogP) is 0.123. The minimum absolute atomic E-state index is 0.0494. The highest BCUT2D eigenvalue weighted by molar-refractivity contribution is 5.37. The van der Waals surface area contributed by atoms with Crippen LogP contribution in [0.4, 0.5) is 20.5 Å². The maximum atomic E-state index is 12.2. The Kier molecular flexibility index (Phi) is 4.17. The van der Waals surface area contributed by atoms with Crippen LogP contribution in [0.25, 0.3) is 0 Å². The van der Waals surface area contributed by atoms with E-state index in [2.05, 4.69) is 9.97 Å². The lowest BCUT2D eigenvalue weighted by Crippen LogP contribution is -2.33. The first kappa shape index (κ1) is 11.6. The number of rotatable bonds is 5. The number of hydrogen-bond donors (Lipinski definition) is 2. The van der Waals surface area contributed by atoms with Crippen LogP contribution in [0.1, 0.15) is 0 Å². The van der Waals surface area contributed by atoms with E-state index in [4.69, 9.17) is 10.8 Å². The summed E-state index contributed by atoms with van der Waals surface area (Å²) in [4.78, 5) is 8.78. The second-order valence-corrected chi connectivity index (χ2v) is 2.84. The average Bonchev–Trinajstić information content (AvgIpc) is 2.16. The monoisotopic (exact) mass is 218 g/mol. The highest BCUT2D eigenvalue weighted by atomic mass is 19.3. The molecule has 0 bridgehead atoms. The van der Waals surface area contributed by atoms with Crippen molar-refractivity contribution in [3.05, 3.63) is 12.3 Å². The van der Waals surface area contributed by atoms with Gasteiger partial charge in [0.25, 0.3) is 6.43 Å². The summed E-state index contributed by atoms with van der Waals surface area (Å²) in [5, 5.41) is 8.71. The molecule has 0 saturated carbocycles. The van der Waals surface area contributed by atoms with Crippen molar-refractivity contribution in [3.63, 3.8) is 0 Å². The van der Waals surface area contributed by atoms with E-state index in [1.807, 2.05) is 0 Å². The van der Waals surface area contributed by atoms with Gasteiger partial charge in [-0.25, -0.2) is 13.8 Å². The Morgan fingerprint density at radius 2 is 2.27 bits per heavy atom. The van der Waals surface area contributed by atoms with E-state index in [0.717, 1.165) is 0 Å². The molecule has 0 saturated heterocycles. The molecule has 1 heterocycles. The quantitative estimate of drug-likeness (QED) is 0.734. The second-order valence-electron chi connectivity index (χ2n) is 2.84. The van der Waals surface area contributed by atoms with E-state index in [1.165, 1.54) is 17.2 Å². The van der Waals surface area contributed by atoms with Crippen molar-refractivity contribution in [2.24, 2.45) is 0 Å². The molecule has 0 aliphatic rings. The fourth-order valence-corrected chi connectivity index (χ4v) is 1.07. The van der Waals surface area contributed by atoms with Gasteiger partial charge < -0.3 is 15.7 Å². The van der Waals surface area contributed by atoms with E-state index in [-0.39, 0.29) is 24.9 Å². The lowest BCUT2D eigenvalue weighted by molar-refractivity contribution is 0.152. The Hall–Kier alpha value is -1.50. The fraction of sp³-hybridized carbons (Fsp3) is 0.500. The lowest BCUT2D eigenvalue weighted by atomic mass is 10.5. The topological polar surface area (TPSA) is 75.3 Å². The van der Waals surface area contributed by atoms with Crippen LogP contribution in [-0.2, 0) is 0 Å². The van der Waals surface area contributed by atoms with E-state index < -0.39 is 13.0 Å². The van der Waals surface area contributed by atoms with Gasteiger partial charge in [0.1, 0.15) is 5.82 Å². The van der Waals surface area contributed by atoms with Gasteiger partial charge in [0.15, 0.2) is 0 Å². The third kappa shape index (κ3) is 3.62. The molecule has 0 fully saturated rings. The molecule has 0 amide bonds. The number of anilines is 2. The molecular weight excluding hydrogens is 206 g/mol. The number of aliphatic hydroxyl groups excluding tert-OH is 1. The molecule has 0 aliphatic heterocycles. The molecule has 15 heavy (non-hydrogen) atoms. The molecule has 84 valence electrons. The summed E-state index contributed by atoms with van der Waals surface area (Å²) in [6, 6.07) is 1.46. The fourth-order valence-electron chi connectivity index (χ4n) is 1.07. The number of nitrogens with zero attached hydrogens (tertiary/aromatic N) is 3. The molecule has 1 aromatic heterocycles. The standard InChI is InChI=1S/C8H12F2N4O/c9-6(10)5-14(3-4-15)8-12-2-1-7(11)13-8/h1-2,6,15H,3-5H2,(H2,11,12,13). The van der Waals surface area contributed by atoms with E-state index in [9.17, 15) is 8.78 Å². The number of hydrogen-bond acceptors (Lipinski definition) is 5. The minimum atomic E-state index is -2.51. The predicted molar refractivity (Wildman–Crippen MR) is 51.7 cm³/mol. The van der Waals surface area contributed by atoms with E-state index in [1.54, 1.807) is 0 Å². The molecule has 0 atom stereocenters. The van der Waals surface area contributed by atoms with Crippen molar-refractivity contribution >= 4 is 11.8 Å². The first-order valence-electron chi connectivity index (χ1n) is 4.36. The number of aromatic nitrogens is 2. The summed E-state index contributed by atoms with van der Waals surface area (Å²) in [5.41, 5.74) is 5.40. The smallest absolute Gasteiger partial charge is 0.255 e. The Morgan fingerprint density at radius 1 is 1.53 bits per heavy atom. The summed E-state index contributed by atoms with van der Waals surface area (Å²) >= 11 is 0. The summed E-state index contributed by atoms with van der Waals surface area (Å²) < 4.78 is 24.4. The van der Waals surface area contributed by atoms with Crippen LogP contribution >= 0.6 is 0 Å².